The number of carbonyl (C=O) groups excluding carboxylic acids is 1. The third-order valence-corrected chi connectivity index (χ3v) is 3.92. The molecule has 0 radical (unpaired) electrons. The highest BCUT2D eigenvalue weighted by Gasteiger charge is 2.22. The number of rotatable bonds is 7. The van der Waals surface area contributed by atoms with Crippen molar-refractivity contribution in [1.29, 1.82) is 5.26 Å². The second-order valence-corrected chi connectivity index (χ2v) is 6.06. The first kappa shape index (κ1) is 16.6. The Hall–Kier alpha value is -1.47. The molecule has 0 saturated heterocycles. The van der Waals surface area contributed by atoms with E-state index in [-0.39, 0.29) is 11.0 Å². The number of Topliss-reactive ketones (excluding diaryl/α,β-unsaturated/α-hetero) is 1. The van der Waals surface area contributed by atoms with Gasteiger partial charge in [-0.2, -0.15) is 5.26 Å². The normalized spacial score (nSPS) is 12.0. The fourth-order valence-corrected chi connectivity index (χ4v) is 2.93. The molecule has 0 saturated carbocycles. The van der Waals surface area contributed by atoms with Crippen LogP contribution in [0.5, 0.6) is 5.75 Å². The van der Waals surface area contributed by atoms with Gasteiger partial charge in [-0.05, 0) is 42.2 Å². The van der Waals surface area contributed by atoms with Gasteiger partial charge < -0.3 is 4.74 Å². The summed E-state index contributed by atoms with van der Waals surface area (Å²) in [4.78, 5) is 12.5. The molecule has 3 nitrogen and oxygen atoms in total. The van der Waals surface area contributed by atoms with Crippen LogP contribution in [0.25, 0.3) is 0 Å². The lowest BCUT2D eigenvalue weighted by Gasteiger charge is -2.15. The number of thioether (sulfide) groups is 1. The molecule has 1 atom stereocenters. The molecule has 0 aliphatic rings. The van der Waals surface area contributed by atoms with Gasteiger partial charge in [0, 0.05) is 5.56 Å². The van der Waals surface area contributed by atoms with E-state index in [9.17, 15) is 4.79 Å². The number of nitriles is 1. The molecule has 0 fully saturated rings. The number of methoxy groups -OCH3 is 1. The Morgan fingerprint density at radius 2 is 2.15 bits per heavy atom. The molecule has 1 aromatic rings. The van der Waals surface area contributed by atoms with Crippen molar-refractivity contribution in [3.8, 4) is 11.2 Å². The maximum Gasteiger partial charge on any atom is 0.177 e. The second-order valence-electron chi connectivity index (χ2n) is 5.07. The number of ether oxygens (including phenoxy) is 1. The van der Waals surface area contributed by atoms with Crippen molar-refractivity contribution in [3.63, 3.8) is 0 Å². The molecule has 1 aromatic carbocycles. The Morgan fingerprint density at radius 3 is 2.65 bits per heavy atom. The van der Waals surface area contributed by atoms with Gasteiger partial charge in [0.1, 0.15) is 11.2 Å². The summed E-state index contributed by atoms with van der Waals surface area (Å²) in [5.41, 5.74) is 1.70. The quantitative estimate of drug-likeness (QED) is 0.561. The van der Waals surface area contributed by atoms with Gasteiger partial charge in [-0.25, -0.2) is 0 Å². The van der Waals surface area contributed by atoms with Gasteiger partial charge in [-0.15, -0.1) is 0 Å². The first-order chi connectivity index (χ1) is 9.53. The minimum atomic E-state index is -0.308. The van der Waals surface area contributed by atoms with Crippen LogP contribution >= 0.6 is 11.8 Å². The lowest BCUT2D eigenvalue weighted by atomic mass is 9.99. The molecule has 0 aliphatic carbocycles. The average molecular weight is 291 g/mol. The Morgan fingerprint density at radius 1 is 1.45 bits per heavy atom. The second kappa shape index (κ2) is 7.96. The van der Waals surface area contributed by atoms with Crippen molar-refractivity contribution >= 4 is 17.5 Å². The molecule has 0 bridgehead atoms. The Labute approximate surface area is 125 Å². The van der Waals surface area contributed by atoms with Crippen LogP contribution in [0.1, 0.15) is 43.1 Å². The molecule has 1 unspecified atom stereocenters. The van der Waals surface area contributed by atoms with Crippen molar-refractivity contribution in [2.45, 2.75) is 38.9 Å². The molecule has 4 heteroatoms. The molecule has 1 rings (SSSR count). The predicted molar refractivity (Wildman–Crippen MR) is 83.1 cm³/mol. The number of thiocyanates is 1. The van der Waals surface area contributed by atoms with Gasteiger partial charge in [-0.1, -0.05) is 32.9 Å². The van der Waals surface area contributed by atoms with Crippen molar-refractivity contribution < 1.29 is 9.53 Å². The van der Waals surface area contributed by atoms with Crippen LogP contribution in [0, 0.1) is 16.6 Å². The van der Waals surface area contributed by atoms with Crippen molar-refractivity contribution in [3.05, 3.63) is 29.3 Å². The van der Waals surface area contributed by atoms with Crippen LogP contribution in [0.3, 0.4) is 0 Å². The van der Waals surface area contributed by atoms with E-state index in [1.165, 1.54) is 0 Å². The van der Waals surface area contributed by atoms with Crippen LogP contribution in [0.2, 0.25) is 0 Å². The zero-order valence-electron chi connectivity index (χ0n) is 12.5. The van der Waals surface area contributed by atoms with Gasteiger partial charge in [-0.3, -0.25) is 4.79 Å². The third-order valence-electron chi connectivity index (χ3n) is 3.13. The fourth-order valence-electron chi connectivity index (χ4n) is 2.08. The summed E-state index contributed by atoms with van der Waals surface area (Å²) in [5.74, 6) is 1.12. The highest BCUT2D eigenvalue weighted by Crippen LogP contribution is 2.26. The van der Waals surface area contributed by atoms with Crippen LogP contribution in [0.4, 0.5) is 0 Å². The molecule has 0 heterocycles. The zero-order valence-corrected chi connectivity index (χ0v) is 13.3. The Balaban J connectivity index is 3.02. The largest absolute Gasteiger partial charge is 0.496 e. The number of nitrogens with zero attached hydrogens (tertiary/aromatic N) is 1. The summed E-state index contributed by atoms with van der Waals surface area (Å²) >= 11 is 1.05. The minimum absolute atomic E-state index is 0.00574. The maximum atomic E-state index is 12.5. The standard InChI is InChI=1S/C16H21NO2S/c1-5-12-6-7-13(9-14(12)19-4)16(18)15(20-10-17)8-11(2)3/h6-7,9,11,15H,5,8H2,1-4H3. The van der Waals surface area contributed by atoms with Crippen LogP contribution < -0.4 is 4.74 Å². The summed E-state index contributed by atoms with van der Waals surface area (Å²) in [6.07, 6.45) is 1.56. The van der Waals surface area contributed by atoms with Crippen LogP contribution in [0.15, 0.2) is 18.2 Å². The Bertz CT molecular complexity index is 506. The summed E-state index contributed by atoms with van der Waals surface area (Å²) in [6.45, 7) is 6.16. The van der Waals surface area contributed by atoms with Crippen molar-refractivity contribution in [2.24, 2.45) is 5.92 Å². The summed E-state index contributed by atoms with van der Waals surface area (Å²) < 4.78 is 5.32. The van der Waals surface area contributed by atoms with Crippen molar-refractivity contribution in [2.75, 3.05) is 7.11 Å². The van der Waals surface area contributed by atoms with Gasteiger partial charge in [0.2, 0.25) is 0 Å². The number of aryl methyl sites for hydroxylation is 1. The summed E-state index contributed by atoms with van der Waals surface area (Å²) in [6, 6.07) is 5.54. The number of ketones is 1. The molecule has 0 aromatic heterocycles. The van der Waals surface area contributed by atoms with Gasteiger partial charge in [0.05, 0.1) is 12.4 Å². The van der Waals surface area contributed by atoms with E-state index in [0.29, 0.717) is 17.9 Å². The lowest BCUT2D eigenvalue weighted by Crippen LogP contribution is -2.19. The van der Waals surface area contributed by atoms with E-state index in [4.69, 9.17) is 10.00 Å². The molecule has 0 spiro atoms. The van der Waals surface area contributed by atoms with Crippen molar-refractivity contribution in [1.82, 2.24) is 0 Å². The SMILES string of the molecule is CCc1ccc(C(=O)C(CC(C)C)SC#N)cc1OC. The monoisotopic (exact) mass is 291 g/mol. The van der Waals surface area contributed by atoms with E-state index in [1.807, 2.05) is 24.5 Å². The van der Waals surface area contributed by atoms with Gasteiger partial charge in [0.15, 0.2) is 5.78 Å². The maximum absolute atomic E-state index is 12.5. The van der Waals surface area contributed by atoms with E-state index in [1.54, 1.807) is 13.2 Å². The number of benzene rings is 1. The fraction of sp³-hybridized carbons (Fsp3) is 0.500. The smallest absolute Gasteiger partial charge is 0.177 e. The minimum Gasteiger partial charge on any atom is -0.496 e. The van der Waals surface area contributed by atoms with Crippen LogP contribution in [-0.4, -0.2) is 18.1 Å². The summed E-state index contributed by atoms with van der Waals surface area (Å²) in [7, 11) is 1.61. The molecule has 20 heavy (non-hydrogen) atoms. The average Bonchev–Trinajstić information content (AvgIpc) is 2.44. The van der Waals surface area contributed by atoms with E-state index >= 15 is 0 Å². The Kier molecular flexibility index (Phi) is 6.60. The highest BCUT2D eigenvalue weighted by atomic mass is 32.2. The molecular formula is C16H21NO2S. The topological polar surface area (TPSA) is 50.1 Å². The molecule has 0 amide bonds. The van der Waals surface area contributed by atoms with Gasteiger partial charge >= 0.3 is 0 Å². The third kappa shape index (κ3) is 4.28. The highest BCUT2D eigenvalue weighted by molar-refractivity contribution is 8.05. The molecule has 108 valence electrons. The van der Waals surface area contributed by atoms with Crippen LogP contribution in [-0.2, 0) is 6.42 Å². The number of hydrogen-bond acceptors (Lipinski definition) is 4. The lowest BCUT2D eigenvalue weighted by molar-refractivity contribution is 0.0982. The first-order valence-corrected chi connectivity index (χ1v) is 7.67. The number of hydrogen-bond donors (Lipinski definition) is 0. The first-order valence-electron chi connectivity index (χ1n) is 6.79. The number of carbonyl (C=O) groups is 1. The molecule has 0 N–H and O–H groups in total. The molecule has 0 aliphatic heterocycles. The zero-order chi connectivity index (χ0) is 15.1. The van der Waals surface area contributed by atoms with E-state index in [2.05, 4.69) is 13.8 Å². The molecular weight excluding hydrogens is 270 g/mol. The summed E-state index contributed by atoms with van der Waals surface area (Å²) in [5, 5.41) is 10.6. The predicted octanol–water partition coefficient (Wildman–Crippen LogP) is 4.07. The van der Waals surface area contributed by atoms with E-state index < -0.39 is 0 Å². The van der Waals surface area contributed by atoms with E-state index in [0.717, 1.165) is 29.5 Å². The van der Waals surface area contributed by atoms with Gasteiger partial charge in [0.25, 0.3) is 0 Å².